The van der Waals surface area contributed by atoms with Crippen LogP contribution in [0.5, 0.6) is 0 Å². The predicted molar refractivity (Wildman–Crippen MR) is 91.0 cm³/mol. The van der Waals surface area contributed by atoms with Gasteiger partial charge in [-0.05, 0) is 43.3 Å². The first-order valence-electron chi connectivity index (χ1n) is 8.76. The van der Waals surface area contributed by atoms with Crippen LogP contribution in [-0.4, -0.2) is 30.1 Å². The molecule has 23 heavy (non-hydrogen) atoms. The van der Waals surface area contributed by atoms with E-state index in [1.165, 1.54) is 7.11 Å². The highest BCUT2D eigenvalue weighted by Gasteiger charge is 2.20. The van der Waals surface area contributed by atoms with Gasteiger partial charge in [0.1, 0.15) is 0 Å². The molecular weight excluding hydrogens is 292 g/mol. The molecule has 0 radical (unpaired) electrons. The van der Waals surface area contributed by atoms with Crippen LogP contribution in [0.3, 0.4) is 0 Å². The molecule has 0 bridgehead atoms. The molecule has 0 aromatic carbocycles. The maximum atomic E-state index is 12.0. The molecule has 4 nitrogen and oxygen atoms in total. The molecule has 0 saturated heterocycles. The minimum atomic E-state index is -0.422. The van der Waals surface area contributed by atoms with Crippen molar-refractivity contribution < 1.29 is 19.4 Å². The Kier molecular flexibility index (Phi) is 9.53. The molecule has 0 aromatic heterocycles. The summed E-state index contributed by atoms with van der Waals surface area (Å²) in [7, 11) is 1.42. The Labute approximate surface area is 139 Å². The second-order valence-electron chi connectivity index (χ2n) is 6.11. The number of ketones is 1. The van der Waals surface area contributed by atoms with E-state index in [-0.39, 0.29) is 11.8 Å². The summed E-state index contributed by atoms with van der Waals surface area (Å²) in [5.74, 6) is 0.124. The molecule has 4 heteroatoms. The van der Waals surface area contributed by atoms with Crippen molar-refractivity contribution in [3.63, 3.8) is 0 Å². The first kappa shape index (κ1) is 19.6. The van der Waals surface area contributed by atoms with Crippen molar-refractivity contribution in [3.8, 4) is 0 Å². The molecule has 1 rings (SSSR count). The Hall–Kier alpha value is -1.42. The Morgan fingerprint density at radius 2 is 1.91 bits per heavy atom. The fourth-order valence-electron chi connectivity index (χ4n) is 2.78. The highest BCUT2D eigenvalue weighted by Crippen LogP contribution is 2.28. The van der Waals surface area contributed by atoms with Gasteiger partial charge in [-0.25, -0.2) is 0 Å². The van der Waals surface area contributed by atoms with E-state index in [0.717, 1.165) is 56.1 Å². The van der Waals surface area contributed by atoms with Crippen LogP contribution in [0.25, 0.3) is 0 Å². The van der Waals surface area contributed by atoms with Crippen molar-refractivity contribution in [3.05, 3.63) is 23.3 Å². The summed E-state index contributed by atoms with van der Waals surface area (Å²) in [6.07, 6.45) is 11.8. The van der Waals surface area contributed by atoms with Gasteiger partial charge in [0.15, 0.2) is 5.78 Å². The Balaban J connectivity index is 2.29. The number of Topliss-reactive ketones (excluding diaryl/α,β-unsaturated/α-hetero) is 1. The summed E-state index contributed by atoms with van der Waals surface area (Å²) >= 11 is 0. The van der Waals surface area contributed by atoms with Gasteiger partial charge >= 0.3 is 5.97 Å². The molecule has 1 N–H and O–H groups in total. The molecule has 1 atom stereocenters. The third-order valence-corrected chi connectivity index (χ3v) is 4.32. The Morgan fingerprint density at radius 1 is 1.22 bits per heavy atom. The Morgan fingerprint density at radius 3 is 2.61 bits per heavy atom. The van der Waals surface area contributed by atoms with Crippen LogP contribution in [0.1, 0.15) is 71.1 Å². The Bertz CT molecular complexity index is 448. The summed E-state index contributed by atoms with van der Waals surface area (Å²) in [5, 5.41) is 9.60. The van der Waals surface area contributed by atoms with E-state index in [1.54, 1.807) is 6.08 Å². The second-order valence-corrected chi connectivity index (χ2v) is 6.11. The molecule has 0 unspecified atom stereocenters. The van der Waals surface area contributed by atoms with Crippen molar-refractivity contribution in [2.45, 2.75) is 77.2 Å². The molecule has 1 aliphatic rings. The minimum Gasteiger partial charge on any atom is -0.469 e. The molecule has 0 aromatic rings. The first-order valence-corrected chi connectivity index (χ1v) is 8.76. The number of rotatable bonds is 11. The van der Waals surface area contributed by atoms with E-state index in [9.17, 15) is 14.7 Å². The summed E-state index contributed by atoms with van der Waals surface area (Å²) < 4.78 is 4.61. The van der Waals surface area contributed by atoms with Crippen LogP contribution < -0.4 is 0 Å². The zero-order valence-electron chi connectivity index (χ0n) is 14.5. The number of hydrogen-bond acceptors (Lipinski definition) is 4. The van der Waals surface area contributed by atoms with Crippen LogP contribution in [0.4, 0.5) is 0 Å². The summed E-state index contributed by atoms with van der Waals surface area (Å²) in [6, 6.07) is 0. The van der Waals surface area contributed by atoms with Gasteiger partial charge in [0.05, 0.1) is 13.2 Å². The summed E-state index contributed by atoms with van der Waals surface area (Å²) in [5.41, 5.74) is 2.06. The molecule has 0 saturated carbocycles. The van der Waals surface area contributed by atoms with Crippen LogP contribution in [0.2, 0.25) is 0 Å². The van der Waals surface area contributed by atoms with E-state index < -0.39 is 6.10 Å². The lowest BCUT2D eigenvalue weighted by Crippen LogP contribution is -2.00. The van der Waals surface area contributed by atoms with Gasteiger partial charge < -0.3 is 9.84 Å². The van der Waals surface area contributed by atoms with Gasteiger partial charge in [-0.2, -0.15) is 0 Å². The maximum absolute atomic E-state index is 12.0. The number of aliphatic hydroxyl groups excluding tert-OH is 1. The fourth-order valence-corrected chi connectivity index (χ4v) is 2.78. The topological polar surface area (TPSA) is 63.6 Å². The van der Waals surface area contributed by atoms with Crippen molar-refractivity contribution in [2.75, 3.05) is 7.11 Å². The lowest BCUT2D eigenvalue weighted by molar-refractivity contribution is -0.140. The van der Waals surface area contributed by atoms with Crippen molar-refractivity contribution >= 4 is 11.8 Å². The van der Waals surface area contributed by atoms with Gasteiger partial charge in [-0.3, -0.25) is 9.59 Å². The maximum Gasteiger partial charge on any atom is 0.305 e. The third-order valence-electron chi connectivity index (χ3n) is 4.32. The van der Waals surface area contributed by atoms with Crippen molar-refractivity contribution in [1.82, 2.24) is 0 Å². The number of hydrogen-bond donors (Lipinski definition) is 1. The monoisotopic (exact) mass is 322 g/mol. The zero-order valence-corrected chi connectivity index (χ0v) is 14.5. The quantitative estimate of drug-likeness (QED) is 0.463. The van der Waals surface area contributed by atoms with Crippen LogP contribution in [-0.2, 0) is 14.3 Å². The number of unbranched alkanes of at least 4 members (excludes halogenated alkanes) is 4. The molecule has 0 aliphatic heterocycles. The normalized spacial score (nSPS) is 16.4. The van der Waals surface area contributed by atoms with Crippen LogP contribution in [0.15, 0.2) is 23.3 Å². The lowest BCUT2D eigenvalue weighted by atomic mass is 10.0. The standard InChI is InChI=1S/C19H30O4/c1-3-16(20)13-11-15-12-14-18(21)17(15)9-7-5-4-6-8-10-19(22)23-2/h11,13,16,20H,3-10,12,14H2,1-2H3/b13-11+/t16-/m1/s1. The molecule has 0 spiro atoms. The molecule has 130 valence electrons. The van der Waals surface area contributed by atoms with Gasteiger partial charge in [-0.15, -0.1) is 0 Å². The highest BCUT2D eigenvalue weighted by molar-refractivity contribution is 5.99. The average molecular weight is 322 g/mol. The molecule has 1 aliphatic carbocycles. The summed E-state index contributed by atoms with van der Waals surface area (Å²) in [6.45, 7) is 1.93. The molecular formula is C19H30O4. The number of ether oxygens (including phenoxy) is 1. The lowest BCUT2D eigenvalue weighted by Gasteiger charge is -2.05. The van der Waals surface area contributed by atoms with Crippen molar-refractivity contribution in [1.29, 1.82) is 0 Å². The number of aliphatic hydroxyl groups is 1. The second kappa shape index (κ2) is 11.2. The molecule has 0 heterocycles. The minimum absolute atomic E-state index is 0.141. The average Bonchev–Trinajstić information content (AvgIpc) is 2.91. The van der Waals surface area contributed by atoms with Gasteiger partial charge in [0.25, 0.3) is 0 Å². The highest BCUT2D eigenvalue weighted by atomic mass is 16.5. The molecule has 0 fully saturated rings. The zero-order chi connectivity index (χ0) is 17.1. The van der Waals surface area contributed by atoms with E-state index >= 15 is 0 Å². The summed E-state index contributed by atoms with van der Waals surface area (Å²) in [4.78, 5) is 23.0. The van der Waals surface area contributed by atoms with Gasteiger partial charge in [0, 0.05) is 12.8 Å². The van der Waals surface area contributed by atoms with E-state index in [1.807, 2.05) is 13.0 Å². The van der Waals surface area contributed by atoms with Crippen LogP contribution in [0, 0.1) is 0 Å². The predicted octanol–water partition coefficient (Wildman–Crippen LogP) is 3.88. The first-order chi connectivity index (χ1) is 11.1. The van der Waals surface area contributed by atoms with Gasteiger partial charge in [0.2, 0.25) is 0 Å². The smallest absolute Gasteiger partial charge is 0.305 e. The SMILES string of the molecule is CC[C@@H](O)/C=C/C1=C(CCCCCCCC(=O)OC)C(=O)CC1. The third kappa shape index (κ3) is 7.60. The van der Waals surface area contributed by atoms with E-state index in [2.05, 4.69) is 4.74 Å². The number of carbonyl (C=O) groups is 2. The fraction of sp³-hybridized carbons (Fsp3) is 0.684. The van der Waals surface area contributed by atoms with E-state index in [4.69, 9.17) is 0 Å². The van der Waals surface area contributed by atoms with Gasteiger partial charge in [-0.1, -0.05) is 38.3 Å². The van der Waals surface area contributed by atoms with E-state index in [0.29, 0.717) is 19.3 Å². The number of methoxy groups -OCH3 is 1. The number of carbonyl (C=O) groups excluding carboxylic acids is 2. The number of allylic oxidation sites excluding steroid dienone is 3. The number of esters is 1. The van der Waals surface area contributed by atoms with Crippen molar-refractivity contribution in [2.24, 2.45) is 0 Å². The van der Waals surface area contributed by atoms with Crippen LogP contribution >= 0.6 is 0 Å². The largest absolute Gasteiger partial charge is 0.469 e. The molecule has 0 amide bonds.